The lowest BCUT2D eigenvalue weighted by Gasteiger charge is -2.22. The minimum atomic E-state index is 0. The van der Waals surface area contributed by atoms with Crippen molar-refractivity contribution in [1.82, 2.24) is 4.90 Å². The molecule has 2 heteroatoms. The van der Waals surface area contributed by atoms with Crippen LogP contribution >= 0.6 is 24.0 Å². The summed E-state index contributed by atoms with van der Waals surface area (Å²) in [5.74, 6) is 0. The molecule has 0 aromatic heterocycles. The molecule has 0 spiro atoms. The van der Waals surface area contributed by atoms with Crippen LogP contribution in [0.1, 0.15) is 78.6 Å². The van der Waals surface area contributed by atoms with Gasteiger partial charge in [0.05, 0.1) is 0 Å². The van der Waals surface area contributed by atoms with E-state index in [-0.39, 0.29) is 24.0 Å². The van der Waals surface area contributed by atoms with Crippen molar-refractivity contribution in [2.75, 3.05) is 19.6 Å². The van der Waals surface area contributed by atoms with Crippen LogP contribution < -0.4 is 0 Å². The molecule has 0 heterocycles. The summed E-state index contributed by atoms with van der Waals surface area (Å²) in [6.07, 6.45) is 12.4. The fraction of sp³-hybridized carbons (Fsp3) is 1.00. The van der Waals surface area contributed by atoms with Gasteiger partial charge in [-0.05, 0) is 38.9 Å². The van der Waals surface area contributed by atoms with Crippen LogP contribution in [0.15, 0.2) is 0 Å². The first-order chi connectivity index (χ1) is 7.85. The second kappa shape index (κ2) is 16.7. The van der Waals surface area contributed by atoms with Gasteiger partial charge in [0.1, 0.15) is 0 Å². The lowest BCUT2D eigenvalue weighted by Crippen LogP contribution is -2.27. The minimum Gasteiger partial charge on any atom is -0.303 e. The van der Waals surface area contributed by atoms with Gasteiger partial charge in [0, 0.05) is 0 Å². The standard InChI is InChI=1S/C15H33N.HI/c1-4-7-10-13-16(14-11-8-5-2)15-12-9-6-3;/h4-15H2,1-3H3;1H. The van der Waals surface area contributed by atoms with Crippen molar-refractivity contribution in [2.45, 2.75) is 78.6 Å². The molecular weight excluding hydrogens is 321 g/mol. The molecule has 0 saturated carbocycles. The van der Waals surface area contributed by atoms with Crippen LogP contribution in [0.3, 0.4) is 0 Å². The molecule has 0 aromatic carbocycles. The molecule has 0 fully saturated rings. The van der Waals surface area contributed by atoms with E-state index in [1.54, 1.807) is 0 Å². The molecule has 17 heavy (non-hydrogen) atoms. The number of hydrogen-bond donors (Lipinski definition) is 0. The Kier molecular flexibility index (Phi) is 19.7. The first kappa shape index (κ1) is 20.0. The lowest BCUT2D eigenvalue weighted by atomic mass is 10.2. The molecule has 0 radical (unpaired) electrons. The number of unbranched alkanes of at least 4 members (excludes halogenated alkanes) is 6. The van der Waals surface area contributed by atoms with E-state index in [2.05, 4.69) is 25.7 Å². The fourth-order valence-electron chi connectivity index (χ4n) is 2.09. The van der Waals surface area contributed by atoms with E-state index in [1.807, 2.05) is 0 Å². The van der Waals surface area contributed by atoms with Crippen molar-refractivity contribution in [3.63, 3.8) is 0 Å². The summed E-state index contributed by atoms with van der Waals surface area (Å²) in [5.41, 5.74) is 0. The van der Waals surface area contributed by atoms with Crippen molar-refractivity contribution >= 4 is 24.0 Å². The molecule has 0 aliphatic carbocycles. The predicted molar refractivity (Wildman–Crippen MR) is 90.4 cm³/mol. The van der Waals surface area contributed by atoms with E-state index < -0.39 is 0 Å². The number of halogens is 1. The topological polar surface area (TPSA) is 3.24 Å². The molecule has 0 amide bonds. The van der Waals surface area contributed by atoms with Gasteiger partial charge in [-0.1, -0.05) is 59.3 Å². The van der Waals surface area contributed by atoms with E-state index in [0.29, 0.717) is 0 Å². The Balaban J connectivity index is 0. The molecule has 1 nitrogen and oxygen atoms in total. The molecule has 0 unspecified atom stereocenters. The van der Waals surface area contributed by atoms with Gasteiger partial charge in [-0.15, -0.1) is 24.0 Å². The molecule has 0 bridgehead atoms. The van der Waals surface area contributed by atoms with Gasteiger partial charge >= 0.3 is 0 Å². The lowest BCUT2D eigenvalue weighted by molar-refractivity contribution is 0.256. The maximum atomic E-state index is 2.70. The van der Waals surface area contributed by atoms with Crippen LogP contribution in [-0.4, -0.2) is 24.5 Å². The van der Waals surface area contributed by atoms with E-state index in [0.717, 1.165) is 0 Å². The summed E-state index contributed by atoms with van der Waals surface area (Å²) in [6.45, 7) is 10.9. The zero-order chi connectivity index (χ0) is 12.1. The zero-order valence-electron chi connectivity index (χ0n) is 12.3. The van der Waals surface area contributed by atoms with Gasteiger partial charge in [-0.3, -0.25) is 0 Å². The van der Waals surface area contributed by atoms with Gasteiger partial charge in [-0.25, -0.2) is 0 Å². The first-order valence-corrected chi connectivity index (χ1v) is 7.57. The Labute approximate surface area is 127 Å². The van der Waals surface area contributed by atoms with Crippen LogP contribution in [-0.2, 0) is 0 Å². The van der Waals surface area contributed by atoms with Crippen LogP contribution in [0.5, 0.6) is 0 Å². The van der Waals surface area contributed by atoms with E-state index >= 15 is 0 Å². The van der Waals surface area contributed by atoms with Gasteiger partial charge in [-0.2, -0.15) is 0 Å². The summed E-state index contributed by atoms with van der Waals surface area (Å²) in [6, 6.07) is 0. The molecule has 0 rings (SSSR count). The van der Waals surface area contributed by atoms with E-state index in [1.165, 1.54) is 77.4 Å². The third-order valence-electron chi connectivity index (χ3n) is 3.23. The second-order valence-electron chi connectivity index (χ2n) is 4.96. The Bertz CT molecular complexity index is 104. The highest BCUT2D eigenvalue weighted by Gasteiger charge is 2.03. The Hall–Kier alpha value is 0.690. The average Bonchev–Trinajstić information content (AvgIpc) is 2.29. The van der Waals surface area contributed by atoms with Crippen LogP contribution in [0.25, 0.3) is 0 Å². The quantitative estimate of drug-likeness (QED) is 0.331. The van der Waals surface area contributed by atoms with Crippen molar-refractivity contribution in [3.8, 4) is 0 Å². The van der Waals surface area contributed by atoms with Crippen molar-refractivity contribution in [2.24, 2.45) is 0 Å². The second-order valence-corrected chi connectivity index (χ2v) is 4.96. The summed E-state index contributed by atoms with van der Waals surface area (Å²) in [5, 5.41) is 0. The number of nitrogens with zero attached hydrogens (tertiary/aromatic N) is 1. The Morgan fingerprint density at radius 3 is 1.06 bits per heavy atom. The summed E-state index contributed by atoms with van der Waals surface area (Å²) >= 11 is 0. The van der Waals surface area contributed by atoms with Crippen molar-refractivity contribution in [3.05, 3.63) is 0 Å². The SMILES string of the molecule is CCCCCN(CCCCC)CCCCC.I. The first-order valence-electron chi connectivity index (χ1n) is 7.57. The highest BCUT2D eigenvalue weighted by molar-refractivity contribution is 14.0. The highest BCUT2D eigenvalue weighted by Crippen LogP contribution is 2.05. The predicted octanol–water partition coefficient (Wildman–Crippen LogP) is 5.48. The van der Waals surface area contributed by atoms with Gasteiger partial charge in [0.2, 0.25) is 0 Å². The van der Waals surface area contributed by atoms with Gasteiger partial charge < -0.3 is 4.90 Å². The summed E-state index contributed by atoms with van der Waals surface area (Å²) in [4.78, 5) is 2.70. The zero-order valence-corrected chi connectivity index (χ0v) is 14.7. The smallest absolute Gasteiger partial charge is 0.00187 e. The maximum Gasteiger partial charge on any atom is -0.00187 e. The molecular formula is C15H34IN. The molecule has 0 saturated heterocycles. The molecule has 0 N–H and O–H groups in total. The summed E-state index contributed by atoms with van der Waals surface area (Å²) in [7, 11) is 0. The van der Waals surface area contributed by atoms with Crippen molar-refractivity contribution < 1.29 is 0 Å². The molecule has 0 atom stereocenters. The molecule has 0 aromatic rings. The molecule has 106 valence electrons. The van der Waals surface area contributed by atoms with Crippen LogP contribution in [0.4, 0.5) is 0 Å². The van der Waals surface area contributed by atoms with Gasteiger partial charge in [0.25, 0.3) is 0 Å². The molecule has 0 aliphatic rings. The normalized spacial score (nSPS) is 10.6. The Morgan fingerprint density at radius 1 is 0.529 bits per heavy atom. The third kappa shape index (κ3) is 14.6. The van der Waals surface area contributed by atoms with Crippen LogP contribution in [0, 0.1) is 0 Å². The van der Waals surface area contributed by atoms with Crippen LogP contribution in [0.2, 0.25) is 0 Å². The number of rotatable bonds is 12. The van der Waals surface area contributed by atoms with Gasteiger partial charge in [0.15, 0.2) is 0 Å². The Morgan fingerprint density at radius 2 is 0.824 bits per heavy atom. The average molecular weight is 355 g/mol. The maximum absolute atomic E-state index is 2.70. The van der Waals surface area contributed by atoms with Crippen molar-refractivity contribution in [1.29, 1.82) is 0 Å². The largest absolute Gasteiger partial charge is 0.303 e. The number of hydrogen-bond acceptors (Lipinski definition) is 1. The third-order valence-corrected chi connectivity index (χ3v) is 3.23. The highest BCUT2D eigenvalue weighted by atomic mass is 127. The fourth-order valence-corrected chi connectivity index (χ4v) is 2.09. The molecule has 0 aliphatic heterocycles. The van der Waals surface area contributed by atoms with E-state index in [4.69, 9.17) is 0 Å². The van der Waals surface area contributed by atoms with E-state index in [9.17, 15) is 0 Å². The summed E-state index contributed by atoms with van der Waals surface area (Å²) < 4.78 is 0. The minimum absolute atomic E-state index is 0. The monoisotopic (exact) mass is 355 g/mol.